The van der Waals surface area contributed by atoms with Crippen LogP contribution in [0.1, 0.15) is 28.7 Å². The number of hydrogen-bond acceptors (Lipinski definition) is 9. The van der Waals surface area contributed by atoms with Crippen LogP contribution in [0.3, 0.4) is 0 Å². The molecular formula is C14H13ClN8O3. The van der Waals surface area contributed by atoms with Crippen molar-refractivity contribution >= 4 is 29.0 Å². The SMILES string of the molecule is C/C(=N\NC(=O)c1ccc(Cl)cc1O)c1nnn(-c2nonc2N)c1C. The second kappa shape index (κ2) is 6.80. The molecule has 2 aromatic heterocycles. The molecule has 1 aromatic carbocycles. The van der Waals surface area contributed by atoms with Gasteiger partial charge < -0.3 is 10.8 Å². The van der Waals surface area contributed by atoms with E-state index < -0.39 is 5.91 Å². The molecule has 0 aliphatic carbocycles. The molecule has 0 unspecified atom stereocenters. The van der Waals surface area contributed by atoms with Crippen LogP contribution in [0.5, 0.6) is 5.75 Å². The van der Waals surface area contributed by atoms with Crippen molar-refractivity contribution in [1.82, 2.24) is 30.7 Å². The van der Waals surface area contributed by atoms with Gasteiger partial charge in [-0.3, -0.25) is 4.79 Å². The first-order chi connectivity index (χ1) is 12.4. The molecule has 3 rings (SSSR count). The number of anilines is 1. The van der Waals surface area contributed by atoms with Crippen LogP contribution in [0.15, 0.2) is 27.9 Å². The number of aromatic nitrogens is 5. The molecule has 12 heteroatoms. The highest BCUT2D eigenvalue weighted by atomic mass is 35.5. The van der Waals surface area contributed by atoms with E-state index in [-0.39, 0.29) is 22.9 Å². The molecule has 0 atom stereocenters. The van der Waals surface area contributed by atoms with Gasteiger partial charge in [0, 0.05) is 5.02 Å². The third-order valence-electron chi connectivity index (χ3n) is 3.46. The summed E-state index contributed by atoms with van der Waals surface area (Å²) in [5.74, 6) is -0.595. The number of hydrogen-bond donors (Lipinski definition) is 3. The van der Waals surface area contributed by atoms with Gasteiger partial charge in [-0.2, -0.15) is 9.78 Å². The zero-order valence-corrected chi connectivity index (χ0v) is 14.4. The van der Waals surface area contributed by atoms with Crippen molar-refractivity contribution in [3.8, 4) is 11.6 Å². The number of aromatic hydroxyl groups is 1. The summed E-state index contributed by atoms with van der Waals surface area (Å²) in [6.07, 6.45) is 0. The number of hydrazone groups is 1. The number of nitrogens with two attached hydrogens (primary N) is 1. The van der Waals surface area contributed by atoms with E-state index in [2.05, 4.69) is 35.8 Å². The number of benzene rings is 1. The highest BCUT2D eigenvalue weighted by Crippen LogP contribution is 2.21. The minimum atomic E-state index is -0.603. The third kappa shape index (κ3) is 3.19. The van der Waals surface area contributed by atoms with Crippen molar-refractivity contribution in [2.75, 3.05) is 5.73 Å². The molecule has 0 spiro atoms. The van der Waals surface area contributed by atoms with Gasteiger partial charge in [-0.05, 0) is 42.4 Å². The van der Waals surface area contributed by atoms with Gasteiger partial charge in [-0.1, -0.05) is 16.8 Å². The Balaban J connectivity index is 1.81. The number of halogens is 1. The lowest BCUT2D eigenvalue weighted by Gasteiger charge is -2.04. The largest absolute Gasteiger partial charge is 0.507 e. The molecule has 0 aliphatic rings. The van der Waals surface area contributed by atoms with Crippen LogP contribution < -0.4 is 11.2 Å². The number of nitrogen functional groups attached to an aromatic ring is 1. The average molecular weight is 377 g/mol. The lowest BCUT2D eigenvalue weighted by atomic mass is 10.2. The van der Waals surface area contributed by atoms with Gasteiger partial charge in [0.1, 0.15) is 11.4 Å². The predicted octanol–water partition coefficient (Wildman–Crippen LogP) is 1.05. The van der Waals surface area contributed by atoms with Gasteiger partial charge in [0.2, 0.25) is 11.6 Å². The Kier molecular flexibility index (Phi) is 4.54. The lowest BCUT2D eigenvalue weighted by Crippen LogP contribution is -2.19. The Hall–Kier alpha value is -3.47. The Morgan fingerprint density at radius 3 is 2.85 bits per heavy atom. The fraction of sp³-hybridized carbons (Fsp3) is 0.143. The zero-order chi connectivity index (χ0) is 18.8. The Bertz CT molecular complexity index is 1010. The monoisotopic (exact) mass is 376 g/mol. The molecule has 4 N–H and O–H groups in total. The first kappa shape index (κ1) is 17.4. The van der Waals surface area contributed by atoms with Crippen LogP contribution >= 0.6 is 11.6 Å². The highest BCUT2D eigenvalue weighted by Gasteiger charge is 2.18. The fourth-order valence-corrected chi connectivity index (χ4v) is 2.31. The Morgan fingerprint density at radius 2 is 2.19 bits per heavy atom. The molecule has 134 valence electrons. The summed E-state index contributed by atoms with van der Waals surface area (Å²) in [6.45, 7) is 3.35. The molecular weight excluding hydrogens is 364 g/mol. The minimum absolute atomic E-state index is 0.0350. The van der Waals surface area contributed by atoms with E-state index in [0.717, 1.165) is 0 Å². The van der Waals surface area contributed by atoms with E-state index in [1.54, 1.807) is 13.8 Å². The van der Waals surface area contributed by atoms with E-state index in [4.69, 9.17) is 17.3 Å². The molecule has 0 saturated carbocycles. The quantitative estimate of drug-likeness (QED) is 0.450. The summed E-state index contributed by atoms with van der Waals surface area (Å²) in [5.41, 5.74) is 9.37. The number of nitrogens with one attached hydrogen (secondary N) is 1. The number of carbonyl (C=O) groups excluding carboxylic acids is 1. The van der Waals surface area contributed by atoms with Crippen molar-refractivity contribution in [2.24, 2.45) is 5.10 Å². The van der Waals surface area contributed by atoms with Gasteiger partial charge in [-0.25, -0.2) is 10.1 Å². The summed E-state index contributed by atoms with van der Waals surface area (Å²) < 4.78 is 5.88. The molecule has 1 amide bonds. The second-order valence-electron chi connectivity index (χ2n) is 5.21. The zero-order valence-electron chi connectivity index (χ0n) is 13.6. The molecule has 0 aliphatic heterocycles. The van der Waals surface area contributed by atoms with E-state index in [1.165, 1.54) is 22.9 Å². The number of phenolic OH excluding ortho intramolecular Hbond substituents is 1. The maximum absolute atomic E-state index is 12.1. The molecule has 11 nitrogen and oxygen atoms in total. The molecule has 0 radical (unpaired) electrons. The standard InChI is InChI=1S/C14H13ClN8O3/c1-6(17-19-14(25)9-4-3-8(15)5-10(9)24)11-7(2)23(22-18-11)13-12(16)20-26-21-13/h3-5,24H,1-2H3,(H2,16,20)(H,19,25)/b17-6+. The molecule has 26 heavy (non-hydrogen) atoms. The van der Waals surface area contributed by atoms with Crippen molar-refractivity contribution in [3.63, 3.8) is 0 Å². The van der Waals surface area contributed by atoms with Crippen molar-refractivity contribution in [3.05, 3.63) is 40.2 Å². The highest BCUT2D eigenvalue weighted by molar-refractivity contribution is 6.30. The van der Waals surface area contributed by atoms with Crippen LogP contribution in [0.2, 0.25) is 5.02 Å². The number of amides is 1. The third-order valence-corrected chi connectivity index (χ3v) is 3.70. The fourth-order valence-electron chi connectivity index (χ4n) is 2.15. The normalized spacial score (nSPS) is 11.6. The smallest absolute Gasteiger partial charge is 0.275 e. The van der Waals surface area contributed by atoms with Gasteiger partial charge in [0.05, 0.1) is 17.0 Å². The predicted molar refractivity (Wildman–Crippen MR) is 91.2 cm³/mol. The summed E-state index contributed by atoms with van der Waals surface area (Å²) in [4.78, 5) is 12.1. The number of phenols is 1. The van der Waals surface area contributed by atoms with Crippen molar-refractivity contribution in [1.29, 1.82) is 0 Å². The van der Waals surface area contributed by atoms with Gasteiger partial charge in [-0.15, -0.1) is 5.10 Å². The first-order valence-corrected chi connectivity index (χ1v) is 7.60. The minimum Gasteiger partial charge on any atom is -0.507 e. The number of carbonyl (C=O) groups is 1. The van der Waals surface area contributed by atoms with E-state index in [0.29, 0.717) is 22.1 Å². The summed E-state index contributed by atoms with van der Waals surface area (Å²) in [7, 11) is 0. The summed E-state index contributed by atoms with van der Waals surface area (Å²) in [5, 5.41) is 29.1. The van der Waals surface area contributed by atoms with Crippen LogP contribution in [0, 0.1) is 6.92 Å². The van der Waals surface area contributed by atoms with Gasteiger partial charge in [0.25, 0.3) is 5.91 Å². The van der Waals surface area contributed by atoms with Gasteiger partial charge in [0.15, 0.2) is 0 Å². The van der Waals surface area contributed by atoms with Crippen molar-refractivity contribution < 1.29 is 14.5 Å². The Morgan fingerprint density at radius 1 is 1.42 bits per heavy atom. The Labute approximate surface area is 151 Å². The summed E-state index contributed by atoms with van der Waals surface area (Å²) >= 11 is 5.74. The molecule has 0 bridgehead atoms. The molecule has 0 fully saturated rings. The number of rotatable bonds is 4. The van der Waals surface area contributed by atoms with E-state index in [1.807, 2.05) is 0 Å². The topological polar surface area (TPSA) is 157 Å². The van der Waals surface area contributed by atoms with Gasteiger partial charge >= 0.3 is 0 Å². The summed E-state index contributed by atoms with van der Waals surface area (Å²) in [6, 6.07) is 4.14. The molecule has 0 saturated heterocycles. The molecule has 2 heterocycles. The maximum Gasteiger partial charge on any atom is 0.275 e. The maximum atomic E-state index is 12.1. The lowest BCUT2D eigenvalue weighted by molar-refractivity contribution is 0.0952. The van der Waals surface area contributed by atoms with Crippen molar-refractivity contribution in [2.45, 2.75) is 13.8 Å². The van der Waals surface area contributed by atoms with Crippen LogP contribution in [0.4, 0.5) is 5.82 Å². The van der Waals surface area contributed by atoms with E-state index in [9.17, 15) is 9.90 Å². The average Bonchev–Trinajstić information content (AvgIpc) is 3.17. The van der Waals surface area contributed by atoms with Crippen LogP contribution in [0.25, 0.3) is 5.82 Å². The second-order valence-corrected chi connectivity index (χ2v) is 5.64. The van der Waals surface area contributed by atoms with E-state index >= 15 is 0 Å². The number of nitrogens with zero attached hydrogens (tertiary/aromatic N) is 6. The van der Waals surface area contributed by atoms with Crippen LogP contribution in [-0.4, -0.2) is 42.0 Å². The van der Waals surface area contributed by atoms with Crippen LogP contribution in [-0.2, 0) is 0 Å². The first-order valence-electron chi connectivity index (χ1n) is 7.22. The molecule has 3 aromatic rings.